The molecule has 0 saturated heterocycles. The molecule has 0 saturated carbocycles. The molecule has 0 unspecified atom stereocenters. The van der Waals surface area contributed by atoms with Crippen molar-refractivity contribution in [1.29, 1.82) is 0 Å². The van der Waals surface area contributed by atoms with Gasteiger partial charge >= 0.3 is 0 Å². The first kappa shape index (κ1) is 16.7. The second-order valence-electron chi connectivity index (χ2n) is 7.13. The first-order valence-electron chi connectivity index (χ1n) is 8.18. The zero-order chi connectivity index (χ0) is 17.3. The van der Waals surface area contributed by atoms with E-state index in [0.717, 1.165) is 12.0 Å². The SMILES string of the molecule is CC(C)(C)C1=C(c2ccc(Cl)cc2C(=O)c2ccccc2)CC=C1. The lowest BCUT2D eigenvalue weighted by Gasteiger charge is -2.23. The van der Waals surface area contributed by atoms with Crippen LogP contribution in [0.15, 0.2) is 66.3 Å². The smallest absolute Gasteiger partial charge is 0.193 e. The standard InChI is InChI=1S/C22H21ClO/c1-22(2,3)20-11-7-10-18(20)17-13-12-16(23)14-19(17)21(24)15-8-5-4-6-9-15/h4-9,11-14H,10H2,1-3H3. The van der Waals surface area contributed by atoms with Gasteiger partial charge in [-0.2, -0.15) is 0 Å². The quantitative estimate of drug-likeness (QED) is 0.598. The monoisotopic (exact) mass is 336 g/mol. The highest BCUT2D eigenvalue weighted by Crippen LogP contribution is 2.41. The van der Waals surface area contributed by atoms with Crippen LogP contribution in [0.4, 0.5) is 0 Å². The largest absolute Gasteiger partial charge is 0.289 e. The molecule has 2 aromatic carbocycles. The van der Waals surface area contributed by atoms with Crippen LogP contribution in [0.2, 0.25) is 5.02 Å². The molecule has 0 bridgehead atoms. The summed E-state index contributed by atoms with van der Waals surface area (Å²) in [5.41, 5.74) is 4.89. The lowest BCUT2D eigenvalue weighted by molar-refractivity contribution is 0.103. The highest BCUT2D eigenvalue weighted by molar-refractivity contribution is 6.31. The van der Waals surface area contributed by atoms with Crippen LogP contribution in [0.1, 0.15) is 48.7 Å². The Kier molecular flexibility index (Phi) is 4.47. The molecule has 1 aliphatic carbocycles. The van der Waals surface area contributed by atoms with Gasteiger partial charge in [0.15, 0.2) is 5.78 Å². The summed E-state index contributed by atoms with van der Waals surface area (Å²) in [6.07, 6.45) is 5.20. The van der Waals surface area contributed by atoms with E-state index < -0.39 is 0 Å². The number of carbonyl (C=O) groups is 1. The van der Waals surface area contributed by atoms with E-state index in [0.29, 0.717) is 16.1 Å². The molecule has 0 aromatic heterocycles. The highest BCUT2D eigenvalue weighted by atomic mass is 35.5. The summed E-state index contributed by atoms with van der Waals surface area (Å²) < 4.78 is 0. The number of rotatable bonds is 3. The van der Waals surface area contributed by atoms with Gasteiger partial charge in [-0.05, 0) is 40.7 Å². The molecule has 0 amide bonds. The normalized spacial score (nSPS) is 14.3. The van der Waals surface area contributed by atoms with Crippen molar-refractivity contribution in [2.75, 3.05) is 0 Å². The van der Waals surface area contributed by atoms with Crippen LogP contribution in [-0.2, 0) is 0 Å². The van der Waals surface area contributed by atoms with Crippen molar-refractivity contribution in [2.24, 2.45) is 5.41 Å². The van der Waals surface area contributed by atoms with Crippen molar-refractivity contribution in [2.45, 2.75) is 27.2 Å². The van der Waals surface area contributed by atoms with Gasteiger partial charge in [0.05, 0.1) is 0 Å². The van der Waals surface area contributed by atoms with Crippen LogP contribution < -0.4 is 0 Å². The van der Waals surface area contributed by atoms with Gasteiger partial charge in [-0.1, -0.05) is 80.9 Å². The summed E-state index contributed by atoms with van der Waals surface area (Å²) in [5.74, 6) is 0.0146. The summed E-state index contributed by atoms with van der Waals surface area (Å²) in [7, 11) is 0. The molecule has 0 radical (unpaired) electrons. The third kappa shape index (κ3) is 3.22. The molecule has 1 aliphatic rings. The molecular formula is C22H21ClO. The van der Waals surface area contributed by atoms with Crippen LogP contribution in [0, 0.1) is 5.41 Å². The van der Waals surface area contributed by atoms with Crippen LogP contribution >= 0.6 is 11.6 Å². The van der Waals surface area contributed by atoms with E-state index in [2.05, 4.69) is 32.9 Å². The molecule has 1 nitrogen and oxygen atoms in total. The summed E-state index contributed by atoms with van der Waals surface area (Å²) in [4.78, 5) is 13.0. The molecule has 0 spiro atoms. The maximum absolute atomic E-state index is 13.0. The van der Waals surface area contributed by atoms with E-state index >= 15 is 0 Å². The van der Waals surface area contributed by atoms with Crippen LogP contribution in [0.25, 0.3) is 5.57 Å². The Bertz CT molecular complexity index is 836. The van der Waals surface area contributed by atoms with E-state index in [1.807, 2.05) is 42.5 Å². The Morgan fingerprint density at radius 2 is 1.75 bits per heavy atom. The summed E-state index contributed by atoms with van der Waals surface area (Å²) in [5, 5.41) is 0.585. The predicted octanol–water partition coefficient (Wildman–Crippen LogP) is 6.33. The summed E-state index contributed by atoms with van der Waals surface area (Å²) in [6.45, 7) is 6.60. The van der Waals surface area contributed by atoms with Gasteiger partial charge in [0.25, 0.3) is 0 Å². The average molecular weight is 337 g/mol. The van der Waals surface area contributed by atoms with Crippen molar-refractivity contribution in [3.8, 4) is 0 Å². The maximum Gasteiger partial charge on any atom is 0.193 e. The van der Waals surface area contributed by atoms with Crippen LogP contribution in [-0.4, -0.2) is 5.78 Å². The van der Waals surface area contributed by atoms with E-state index in [1.165, 1.54) is 11.1 Å². The molecule has 122 valence electrons. The van der Waals surface area contributed by atoms with Crippen LogP contribution in [0.5, 0.6) is 0 Å². The Morgan fingerprint density at radius 3 is 2.42 bits per heavy atom. The minimum Gasteiger partial charge on any atom is -0.289 e. The number of benzene rings is 2. The van der Waals surface area contributed by atoms with E-state index in [4.69, 9.17) is 11.6 Å². The molecule has 0 fully saturated rings. The van der Waals surface area contributed by atoms with E-state index in [1.54, 1.807) is 6.07 Å². The Morgan fingerprint density at radius 1 is 1.04 bits per heavy atom. The molecule has 0 N–H and O–H groups in total. The number of hydrogen-bond donors (Lipinski definition) is 0. The minimum atomic E-state index is 0.0146. The molecule has 2 heteroatoms. The fourth-order valence-corrected chi connectivity index (χ4v) is 3.35. The third-order valence-corrected chi connectivity index (χ3v) is 4.56. The highest BCUT2D eigenvalue weighted by Gasteiger charge is 2.25. The van der Waals surface area contributed by atoms with Gasteiger partial charge in [0, 0.05) is 16.1 Å². The molecular weight excluding hydrogens is 316 g/mol. The van der Waals surface area contributed by atoms with Crippen LogP contribution in [0.3, 0.4) is 0 Å². The number of hydrogen-bond acceptors (Lipinski definition) is 1. The number of allylic oxidation sites excluding steroid dienone is 4. The molecule has 2 aromatic rings. The van der Waals surface area contributed by atoms with E-state index in [-0.39, 0.29) is 11.2 Å². The minimum absolute atomic E-state index is 0.0146. The Labute approximate surface area is 148 Å². The van der Waals surface area contributed by atoms with Gasteiger partial charge in [-0.3, -0.25) is 4.79 Å². The molecule has 24 heavy (non-hydrogen) atoms. The first-order chi connectivity index (χ1) is 11.4. The zero-order valence-corrected chi connectivity index (χ0v) is 15.0. The molecule has 3 rings (SSSR count). The van der Waals surface area contributed by atoms with Gasteiger partial charge in [-0.25, -0.2) is 0 Å². The predicted molar refractivity (Wildman–Crippen MR) is 101 cm³/mol. The molecule has 0 heterocycles. The zero-order valence-electron chi connectivity index (χ0n) is 14.3. The third-order valence-electron chi connectivity index (χ3n) is 4.33. The van der Waals surface area contributed by atoms with Gasteiger partial charge in [-0.15, -0.1) is 0 Å². The topological polar surface area (TPSA) is 17.1 Å². The second kappa shape index (κ2) is 6.41. The van der Waals surface area contributed by atoms with Crippen molar-refractivity contribution in [3.05, 3.63) is 88.0 Å². The van der Waals surface area contributed by atoms with E-state index in [9.17, 15) is 4.79 Å². The maximum atomic E-state index is 13.0. The fourth-order valence-electron chi connectivity index (χ4n) is 3.18. The van der Waals surface area contributed by atoms with Gasteiger partial charge in [0.1, 0.15) is 0 Å². The van der Waals surface area contributed by atoms with Crippen molar-refractivity contribution in [1.82, 2.24) is 0 Å². The Hall–Kier alpha value is -2.12. The van der Waals surface area contributed by atoms with Crippen molar-refractivity contribution >= 4 is 23.0 Å². The van der Waals surface area contributed by atoms with Gasteiger partial charge in [0.2, 0.25) is 0 Å². The van der Waals surface area contributed by atoms with Crippen molar-refractivity contribution < 1.29 is 4.79 Å². The lowest BCUT2D eigenvalue weighted by Crippen LogP contribution is -2.10. The number of carbonyl (C=O) groups excluding carboxylic acids is 1. The summed E-state index contributed by atoms with van der Waals surface area (Å²) >= 11 is 6.20. The first-order valence-corrected chi connectivity index (χ1v) is 8.55. The molecule has 0 atom stereocenters. The van der Waals surface area contributed by atoms with Crippen molar-refractivity contribution in [3.63, 3.8) is 0 Å². The summed E-state index contributed by atoms with van der Waals surface area (Å²) in [6, 6.07) is 15.0. The Balaban J connectivity index is 2.16. The van der Waals surface area contributed by atoms with Gasteiger partial charge < -0.3 is 0 Å². The average Bonchev–Trinajstić information content (AvgIpc) is 3.04. The lowest BCUT2D eigenvalue weighted by atomic mass is 9.81. The number of halogens is 1. The fraction of sp³-hybridized carbons (Fsp3) is 0.227. The number of ketones is 1. The second-order valence-corrected chi connectivity index (χ2v) is 7.57. The molecule has 0 aliphatic heterocycles.